The minimum atomic E-state index is -0.335. The Hall–Kier alpha value is -2.76. The van der Waals surface area contributed by atoms with Gasteiger partial charge in [-0.15, -0.1) is 0 Å². The summed E-state index contributed by atoms with van der Waals surface area (Å²) in [5.41, 5.74) is 1.49. The molecule has 1 aliphatic heterocycles. The number of aromatic nitrogens is 1. The second-order valence-corrected chi connectivity index (χ2v) is 6.50. The average molecular weight is 355 g/mol. The summed E-state index contributed by atoms with van der Waals surface area (Å²) in [6.45, 7) is 1.52. The van der Waals surface area contributed by atoms with Gasteiger partial charge in [-0.3, -0.25) is 14.6 Å². The van der Waals surface area contributed by atoms with E-state index in [1.54, 1.807) is 23.2 Å². The first-order chi connectivity index (χ1) is 12.6. The maximum Gasteiger partial charge on any atom is 0.226 e. The van der Waals surface area contributed by atoms with Crippen molar-refractivity contribution in [3.05, 3.63) is 65.7 Å². The molecule has 0 aliphatic carbocycles. The minimum absolute atomic E-state index is 0.00730. The summed E-state index contributed by atoms with van der Waals surface area (Å²) in [7, 11) is 0. The second-order valence-electron chi connectivity index (χ2n) is 6.50. The molecule has 1 N–H and O–H groups in total. The molecule has 3 rings (SSSR count). The fourth-order valence-electron chi connectivity index (χ4n) is 3.15. The van der Waals surface area contributed by atoms with Gasteiger partial charge in [-0.2, -0.15) is 0 Å². The third-order valence-corrected chi connectivity index (χ3v) is 4.63. The van der Waals surface area contributed by atoms with E-state index in [0.29, 0.717) is 38.0 Å². The van der Waals surface area contributed by atoms with Crippen LogP contribution < -0.4 is 5.32 Å². The summed E-state index contributed by atoms with van der Waals surface area (Å²) in [6.07, 6.45) is 3.17. The highest BCUT2D eigenvalue weighted by Gasteiger charge is 2.27. The van der Waals surface area contributed by atoms with Crippen LogP contribution in [-0.4, -0.2) is 34.8 Å². The molecular formula is C20H22FN3O2. The number of likely N-dealkylation sites (tertiary alicyclic amines) is 1. The Morgan fingerprint density at radius 2 is 1.96 bits per heavy atom. The van der Waals surface area contributed by atoms with Gasteiger partial charge in [0.2, 0.25) is 11.8 Å². The number of nitrogens with one attached hydrogen (secondary N) is 1. The number of benzene rings is 1. The molecule has 26 heavy (non-hydrogen) atoms. The molecule has 1 aromatic carbocycles. The lowest BCUT2D eigenvalue weighted by atomic mass is 9.95. The maximum absolute atomic E-state index is 13.2. The Labute approximate surface area is 152 Å². The van der Waals surface area contributed by atoms with Gasteiger partial charge in [0.1, 0.15) is 5.82 Å². The van der Waals surface area contributed by atoms with Crippen LogP contribution >= 0.6 is 0 Å². The van der Waals surface area contributed by atoms with Crippen molar-refractivity contribution in [2.45, 2.75) is 25.8 Å². The molecule has 2 aromatic rings. The molecule has 0 radical (unpaired) electrons. The Balaban J connectivity index is 1.44. The normalized spacial score (nSPS) is 14.9. The van der Waals surface area contributed by atoms with Gasteiger partial charge in [-0.25, -0.2) is 4.39 Å². The van der Waals surface area contributed by atoms with Crippen molar-refractivity contribution in [1.29, 1.82) is 0 Å². The first-order valence-electron chi connectivity index (χ1n) is 8.81. The molecule has 1 fully saturated rings. The number of piperidine rings is 1. The van der Waals surface area contributed by atoms with Crippen LogP contribution in [0.5, 0.6) is 0 Å². The Kier molecular flexibility index (Phi) is 5.94. The lowest BCUT2D eigenvalue weighted by Crippen LogP contribution is -2.43. The largest absolute Gasteiger partial charge is 0.350 e. The standard InChI is InChI=1S/C20H22FN3O2/c21-17-5-3-4-15(12-17)13-19(25)24-10-7-16(8-11-24)20(26)23-14-18-6-1-2-9-22-18/h1-6,9,12,16H,7-8,10-11,13-14H2,(H,23,26). The molecule has 0 bridgehead atoms. The van der Waals surface area contributed by atoms with Gasteiger partial charge < -0.3 is 10.2 Å². The van der Waals surface area contributed by atoms with Crippen LogP contribution in [0, 0.1) is 11.7 Å². The van der Waals surface area contributed by atoms with Crippen LogP contribution in [0.25, 0.3) is 0 Å². The van der Waals surface area contributed by atoms with E-state index in [2.05, 4.69) is 10.3 Å². The SMILES string of the molecule is O=C(NCc1ccccn1)C1CCN(C(=O)Cc2cccc(F)c2)CC1. The smallest absolute Gasteiger partial charge is 0.226 e. The molecule has 1 aromatic heterocycles. The summed E-state index contributed by atoms with van der Waals surface area (Å²) in [6, 6.07) is 11.7. The number of nitrogens with zero attached hydrogens (tertiary/aromatic N) is 2. The van der Waals surface area contributed by atoms with Gasteiger partial charge in [0.25, 0.3) is 0 Å². The molecule has 1 aliphatic rings. The zero-order chi connectivity index (χ0) is 18.4. The molecule has 5 nitrogen and oxygen atoms in total. The van der Waals surface area contributed by atoms with Gasteiger partial charge in [0.15, 0.2) is 0 Å². The van der Waals surface area contributed by atoms with Crippen LogP contribution in [0.2, 0.25) is 0 Å². The number of halogens is 1. The monoisotopic (exact) mass is 355 g/mol. The van der Waals surface area contributed by atoms with Crippen molar-refractivity contribution in [3.8, 4) is 0 Å². The van der Waals surface area contributed by atoms with Crippen LogP contribution in [0.15, 0.2) is 48.7 Å². The average Bonchev–Trinajstić information content (AvgIpc) is 2.67. The Morgan fingerprint density at radius 1 is 1.15 bits per heavy atom. The predicted octanol–water partition coefficient (Wildman–Crippen LogP) is 2.32. The first kappa shape index (κ1) is 18.0. The molecule has 2 heterocycles. The van der Waals surface area contributed by atoms with Crippen LogP contribution in [0.3, 0.4) is 0 Å². The zero-order valence-electron chi connectivity index (χ0n) is 14.5. The van der Waals surface area contributed by atoms with Crippen LogP contribution in [0.1, 0.15) is 24.1 Å². The van der Waals surface area contributed by atoms with Crippen molar-refractivity contribution in [1.82, 2.24) is 15.2 Å². The van der Waals surface area contributed by atoms with E-state index in [4.69, 9.17) is 0 Å². The van der Waals surface area contributed by atoms with Crippen LogP contribution in [-0.2, 0) is 22.6 Å². The lowest BCUT2D eigenvalue weighted by molar-refractivity contribution is -0.135. The Morgan fingerprint density at radius 3 is 2.65 bits per heavy atom. The van der Waals surface area contributed by atoms with E-state index in [-0.39, 0.29) is 30.0 Å². The summed E-state index contributed by atoms with van der Waals surface area (Å²) < 4.78 is 13.2. The summed E-state index contributed by atoms with van der Waals surface area (Å²) in [4.78, 5) is 30.6. The summed E-state index contributed by atoms with van der Waals surface area (Å²) >= 11 is 0. The van der Waals surface area contributed by atoms with E-state index in [9.17, 15) is 14.0 Å². The van der Waals surface area contributed by atoms with E-state index in [1.807, 2.05) is 18.2 Å². The van der Waals surface area contributed by atoms with Gasteiger partial charge in [-0.05, 0) is 42.7 Å². The zero-order valence-corrected chi connectivity index (χ0v) is 14.5. The molecule has 1 saturated heterocycles. The molecule has 0 spiro atoms. The lowest BCUT2D eigenvalue weighted by Gasteiger charge is -2.31. The van der Waals surface area contributed by atoms with Crippen molar-refractivity contribution in [3.63, 3.8) is 0 Å². The number of pyridine rings is 1. The molecular weight excluding hydrogens is 333 g/mol. The van der Waals surface area contributed by atoms with Crippen LogP contribution in [0.4, 0.5) is 4.39 Å². The minimum Gasteiger partial charge on any atom is -0.350 e. The number of carbonyl (C=O) groups is 2. The van der Waals surface area contributed by atoms with E-state index in [1.165, 1.54) is 12.1 Å². The highest BCUT2D eigenvalue weighted by atomic mass is 19.1. The fourth-order valence-corrected chi connectivity index (χ4v) is 3.15. The van der Waals surface area contributed by atoms with E-state index < -0.39 is 0 Å². The van der Waals surface area contributed by atoms with Crippen molar-refractivity contribution in [2.24, 2.45) is 5.92 Å². The van der Waals surface area contributed by atoms with E-state index >= 15 is 0 Å². The van der Waals surface area contributed by atoms with Gasteiger partial charge in [-0.1, -0.05) is 18.2 Å². The topological polar surface area (TPSA) is 62.3 Å². The first-order valence-corrected chi connectivity index (χ1v) is 8.81. The maximum atomic E-state index is 13.2. The quantitative estimate of drug-likeness (QED) is 0.895. The number of rotatable bonds is 5. The van der Waals surface area contributed by atoms with E-state index in [0.717, 1.165) is 5.69 Å². The highest BCUT2D eigenvalue weighted by Crippen LogP contribution is 2.18. The molecule has 0 atom stereocenters. The number of amides is 2. The van der Waals surface area contributed by atoms with Crippen molar-refractivity contribution >= 4 is 11.8 Å². The van der Waals surface area contributed by atoms with Gasteiger partial charge >= 0.3 is 0 Å². The number of carbonyl (C=O) groups excluding carboxylic acids is 2. The third kappa shape index (κ3) is 4.88. The molecule has 136 valence electrons. The number of hydrogen-bond acceptors (Lipinski definition) is 3. The predicted molar refractivity (Wildman–Crippen MR) is 95.5 cm³/mol. The molecule has 2 amide bonds. The summed E-state index contributed by atoms with van der Waals surface area (Å²) in [5.74, 6) is -0.439. The Bertz CT molecular complexity index is 759. The van der Waals surface area contributed by atoms with Crippen molar-refractivity contribution in [2.75, 3.05) is 13.1 Å². The summed E-state index contributed by atoms with van der Waals surface area (Å²) in [5, 5.41) is 2.91. The molecule has 0 saturated carbocycles. The molecule has 6 heteroatoms. The number of hydrogen-bond donors (Lipinski definition) is 1. The highest BCUT2D eigenvalue weighted by molar-refractivity contribution is 5.81. The molecule has 0 unspecified atom stereocenters. The second kappa shape index (κ2) is 8.56. The van der Waals surface area contributed by atoms with Gasteiger partial charge in [0, 0.05) is 25.2 Å². The van der Waals surface area contributed by atoms with Gasteiger partial charge in [0.05, 0.1) is 18.7 Å². The van der Waals surface area contributed by atoms with Crippen molar-refractivity contribution < 1.29 is 14.0 Å². The third-order valence-electron chi connectivity index (χ3n) is 4.63. The fraction of sp³-hybridized carbons (Fsp3) is 0.350.